The highest BCUT2D eigenvalue weighted by Crippen LogP contribution is 2.18. The van der Waals surface area contributed by atoms with Crippen LogP contribution in [0.15, 0.2) is 34.9 Å². The number of hydrogen-bond acceptors (Lipinski definition) is 6. The minimum atomic E-state index is -0.467. The number of nitrogens with zero attached hydrogens (tertiary/aromatic N) is 1. The van der Waals surface area contributed by atoms with Crippen LogP contribution >= 0.6 is 0 Å². The van der Waals surface area contributed by atoms with Crippen LogP contribution in [-0.4, -0.2) is 50.7 Å². The lowest BCUT2D eigenvalue weighted by atomic mass is 10.1. The highest BCUT2D eigenvalue weighted by Gasteiger charge is 2.20. The first kappa shape index (κ1) is 20.7. The molecular formula is C20H26N2O5. The summed E-state index contributed by atoms with van der Waals surface area (Å²) in [4.78, 5) is 26.2. The lowest BCUT2D eigenvalue weighted by molar-refractivity contribution is -0.117. The zero-order valence-electron chi connectivity index (χ0n) is 16.2. The second-order valence-corrected chi connectivity index (χ2v) is 6.25. The predicted molar refractivity (Wildman–Crippen MR) is 102 cm³/mol. The monoisotopic (exact) mass is 374 g/mol. The molecule has 0 saturated carbocycles. The molecule has 0 fully saturated rings. The smallest absolute Gasteiger partial charge is 0.341 e. The molecule has 0 atom stereocenters. The number of ether oxygens (including phenoxy) is 2. The third-order valence-corrected chi connectivity index (χ3v) is 4.38. The van der Waals surface area contributed by atoms with Gasteiger partial charge in [-0.3, -0.25) is 9.69 Å². The van der Waals surface area contributed by atoms with Crippen LogP contribution in [0.1, 0.15) is 27.2 Å². The van der Waals surface area contributed by atoms with Gasteiger partial charge in [0.1, 0.15) is 11.3 Å². The Kier molecular flexibility index (Phi) is 7.57. The molecule has 7 heteroatoms. The first-order chi connectivity index (χ1) is 13.0. The summed E-state index contributed by atoms with van der Waals surface area (Å²) in [5.74, 6) is -0.159. The van der Waals surface area contributed by atoms with E-state index < -0.39 is 5.97 Å². The molecule has 1 heterocycles. The van der Waals surface area contributed by atoms with Crippen LogP contribution in [0.25, 0.3) is 0 Å². The van der Waals surface area contributed by atoms with Crippen molar-refractivity contribution in [1.29, 1.82) is 0 Å². The minimum absolute atomic E-state index is 0.137. The average Bonchev–Trinajstić information content (AvgIpc) is 3.11. The van der Waals surface area contributed by atoms with Crippen LogP contribution < -0.4 is 5.32 Å². The van der Waals surface area contributed by atoms with E-state index in [9.17, 15) is 9.59 Å². The number of anilines is 1. The summed E-state index contributed by atoms with van der Waals surface area (Å²) in [5.41, 5.74) is 3.30. The van der Waals surface area contributed by atoms with Crippen LogP contribution in [0, 0.1) is 13.8 Å². The number of esters is 1. The number of benzene rings is 1. The van der Waals surface area contributed by atoms with Crippen LogP contribution in [0.4, 0.5) is 5.69 Å². The summed E-state index contributed by atoms with van der Waals surface area (Å²) < 4.78 is 15.3. The zero-order valence-corrected chi connectivity index (χ0v) is 16.2. The number of carbonyl (C=O) groups is 2. The summed E-state index contributed by atoms with van der Waals surface area (Å²) >= 11 is 0. The van der Waals surface area contributed by atoms with Crippen molar-refractivity contribution in [2.45, 2.75) is 20.4 Å². The van der Waals surface area contributed by atoms with Gasteiger partial charge < -0.3 is 19.2 Å². The van der Waals surface area contributed by atoms with Gasteiger partial charge in [0.2, 0.25) is 5.91 Å². The molecule has 1 aromatic carbocycles. The van der Waals surface area contributed by atoms with Gasteiger partial charge in [-0.25, -0.2) is 4.79 Å². The van der Waals surface area contributed by atoms with Gasteiger partial charge in [0.05, 0.1) is 33.1 Å². The molecule has 0 radical (unpaired) electrons. The number of amides is 1. The van der Waals surface area contributed by atoms with E-state index in [4.69, 9.17) is 13.9 Å². The third kappa shape index (κ3) is 5.67. The Morgan fingerprint density at radius 2 is 1.96 bits per heavy atom. The molecule has 0 bridgehead atoms. The summed E-state index contributed by atoms with van der Waals surface area (Å²) in [7, 11) is 2.92. The lowest BCUT2D eigenvalue weighted by Gasteiger charge is -2.21. The molecule has 7 nitrogen and oxygen atoms in total. The van der Waals surface area contributed by atoms with Gasteiger partial charge in [-0.1, -0.05) is 12.1 Å². The molecule has 0 spiro atoms. The Hall–Kier alpha value is -2.64. The van der Waals surface area contributed by atoms with E-state index >= 15 is 0 Å². The summed E-state index contributed by atoms with van der Waals surface area (Å²) in [6, 6.07) is 7.35. The Labute approximate surface area is 159 Å². The first-order valence-corrected chi connectivity index (χ1v) is 8.68. The lowest BCUT2D eigenvalue weighted by Crippen LogP contribution is -2.35. The van der Waals surface area contributed by atoms with E-state index in [0.717, 1.165) is 16.8 Å². The fourth-order valence-corrected chi connectivity index (χ4v) is 2.67. The van der Waals surface area contributed by atoms with Gasteiger partial charge in [0, 0.05) is 19.3 Å². The Balaban J connectivity index is 2.07. The topological polar surface area (TPSA) is 81.0 Å². The Morgan fingerprint density at radius 3 is 2.67 bits per heavy atom. The first-order valence-electron chi connectivity index (χ1n) is 8.68. The van der Waals surface area contributed by atoms with Gasteiger partial charge in [0.15, 0.2) is 0 Å². The number of aryl methyl sites for hydroxylation is 1. The fourth-order valence-electron chi connectivity index (χ4n) is 2.67. The molecular weight excluding hydrogens is 348 g/mol. The predicted octanol–water partition coefficient (Wildman–Crippen LogP) is 2.77. The second kappa shape index (κ2) is 9.89. The number of furan rings is 1. The van der Waals surface area contributed by atoms with Crippen molar-refractivity contribution in [3.8, 4) is 0 Å². The highest BCUT2D eigenvalue weighted by molar-refractivity contribution is 5.93. The van der Waals surface area contributed by atoms with Gasteiger partial charge >= 0.3 is 5.97 Å². The van der Waals surface area contributed by atoms with Crippen LogP contribution in [0.5, 0.6) is 0 Å². The number of carbonyl (C=O) groups excluding carboxylic acids is 2. The molecule has 1 aromatic heterocycles. The molecule has 0 aliphatic rings. The van der Waals surface area contributed by atoms with Crippen molar-refractivity contribution in [3.63, 3.8) is 0 Å². The number of rotatable bonds is 9. The van der Waals surface area contributed by atoms with Gasteiger partial charge in [0.25, 0.3) is 0 Å². The van der Waals surface area contributed by atoms with E-state index in [2.05, 4.69) is 5.32 Å². The molecule has 0 saturated heterocycles. The molecule has 0 aliphatic carbocycles. The molecule has 2 rings (SSSR count). The van der Waals surface area contributed by atoms with Crippen molar-refractivity contribution < 1.29 is 23.5 Å². The van der Waals surface area contributed by atoms with Crippen molar-refractivity contribution >= 4 is 17.6 Å². The van der Waals surface area contributed by atoms with Crippen LogP contribution in [0.2, 0.25) is 0 Å². The van der Waals surface area contributed by atoms with Crippen LogP contribution in [0.3, 0.4) is 0 Å². The normalized spacial score (nSPS) is 10.9. The quantitative estimate of drug-likeness (QED) is 0.680. The average molecular weight is 374 g/mol. The molecule has 0 unspecified atom stereocenters. The molecule has 27 heavy (non-hydrogen) atoms. The Morgan fingerprint density at radius 1 is 1.19 bits per heavy atom. The summed E-state index contributed by atoms with van der Waals surface area (Å²) in [6.45, 7) is 5.36. The maximum Gasteiger partial charge on any atom is 0.341 e. The number of methoxy groups -OCH3 is 2. The van der Waals surface area contributed by atoms with E-state index in [-0.39, 0.29) is 12.5 Å². The maximum absolute atomic E-state index is 12.5. The molecule has 0 aliphatic heterocycles. The van der Waals surface area contributed by atoms with E-state index in [0.29, 0.717) is 31.0 Å². The van der Waals surface area contributed by atoms with Gasteiger partial charge in [-0.15, -0.1) is 0 Å². The molecule has 146 valence electrons. The summed E-state index contributed by atoms with van der Waals surface area (Å²) in [5, 5.41) is 2.94. The Bertz CT molecular complexity index is 784. The zero-order chi connectivity index (χ0) is 19.8. The SMILES string of the molecule is COCCN(CC(=O)Nc1cccc(C)c1C)Cc1occc1C(=O)OC. The standard InChI is InChI=1S/C20H26N2O5/c1-14-6-5-7-17(15(14)2)21-19(23)13-22(9-11-25-3)12-18-16(8-10-27-18)20(24)26-4/h5-8,10H,9,11-13H2,1-4H3,(H,21,23). The van der Waals surface area contributed by atoms with E-state index in [1.54, 1.807) is 13.2 Å². The fraction of sp³-hybridized carbons (Fsp3) is 0.400. The molecule has 1 N–H and O–H groups in total. The van der Waals surface area contributed by atoms with Crippen molar-refractivity contribution in [2.75, 3.05) is 39.2 Å². The van der Waals surface area contributed by atoms with Crippen molar-refractivity contribution in [2.24, 2.45) is 0 Å². The van der Waals surface area contributed by atoms with Crippen molar-refractivity contribution in [3.05, 3.63) is 53.0 Å². The molecule has 1 amide bonds. The highest BCUT2D eigenvalue weighted by atomic mass is 16.5. The third-order valence-electron chi connectivity index (χ3n) is 4.38. The minimum Gasteiger partial charge on any atom is -0.467 e. The van der Waals surface area contributed by atoms with Gasteiger partial charge in [-0.2, -0.15) is 0 Å². The van der Waals surface area contributed by atoms with Gasteiger partial charge in [-0.05, 0) is 37.1 Å². The number of hydrogen-bond donors (Lipinski definition) is 1. The maximum atomic E-state index is 12.5. The van der Waals surface area contributed by atoms with Crippen LogP contribution in [-0.2, 0) is 20.8 Å². The summed E-state index contributed by atoms with van der Waals surface area (Å²) in [6.07, 6.45) is 1.44. The second-order valence-electron chi connectivity index (χ2n) is 6.25. The van der Waals surface area contributed by atoms with E-state index in [1.165, 1.54) is 13.4 Å². The number of nitrogens with one attached hydrogen (secondary N) is 1. The van der Waals surface area contributed by atoms with Crippen molar-refractivity contribution in [1.82, 2.24) is 4.90 Å². The largest absolute Gasteiger partial charge is 0.467 e. The van der Waals surface area contributed by atoms with E-state index in [1.807, 2.05) is 36.9 Å². The molecule has 2 aromatic rings.